The summed E-state index contributed by atoms with van der Waals surface area (Å²) in [6, 6.07) is 8.57. The van der Waals surface area contributed by atoms with Crippen molar-refractivity contribution in [3.05, 3.63) is 65.2 Å². The first kappa shape index (κ1) is 21.9. The minimum absolute atomic E-state index is 0.0194. The van der Waals surface area contributed by atoms with Gasteiger partial charge in [0, 0.05) is 17.3 Å². The minimum atomic E-state index is -5.99. The summed E-state index contributed by atoms with van der Waals surface area (Å²) in [7, 11) is 0. The number of anilines is 1. The van der Waals surface area contributed by atoms with Gasteiger partial charge < -0.3 is 15.1 Å². The van der Waals surface area contributed by atoms with Crippen LogP contribution in [0, 0.1) is 0 Å². The molecular weight excluding hydrogens is 416 g/mol. The van der Waals surface area contributed by atoms with Crippen LogP contribution < -0.4 is 4.90 Å². The van der Waals surface area contributed by atoms with Gasteiger partial charge in [-0.1, -0.05) is 42.5 Å². The molecular formula is C20H17F6NO3. The van der Waals surface area contributed by atoms with Crippen molar-refractivity contribution in [2.45, 2.75) is 43.4 Å². The molecule has 0 saturated carbocycles. The number of aliphatic hydroxyl groups is 1. The SMILES string of the molecule is CC1Cc2cc(C(O)(C(F)(F)F)C(F)(F)F)ccc2N1C(C(=O)O)c1ccccc1. The largest absolute Gasteiger partial charge is 0.479 e. The molecule has 30 heavy (non-hydrogen) atoms. The topological polar surface area (TPSA) is 60.8 Å². The first-order valence-electron chi connectivity index (χ1n) is 8.84. The predicted molar refractivity (Wildman–Crippen MR) is 94.9 cm³/mol. The van der Waals surface area contributed by atoms with Crippen LogP contribution in [-0.4, -0.2) is 34.6 Å². The summed E-state index contributed by atoms with van der Waals surface area (Å²) in [6.45, 7) is 1.62. The first-order valence-corrected chi connectivity index (χ1v) is 8.84. The number of benzene rings is 2. The zero-order chi connectivity index (χ0) is 22.5. The van der Waals surface area contributed by atoms with Crippen LogP contribution >= 0.6 is 0 Å². The fourth-order valence-electron chi connectivity index (χ4n) is 3.82. The summed E-state index contributed by atoms with van der Waals surface area (Å²) in [5.74, 6) is -1.22. The molecule has 162 valence electrons. The van der Waals surface area contributed by atoms with Crippen LogP contribution in [0.25, 0.3) is 0 Å². The number of carboxylic acid groups (broad SMARTS) is 1. The highest BCUT2D eigenvalue weighted by atomic mass is 19.4. The fourth-order valence-corrected chi connectivity index (χ4v) is 3.82. The second kappa shape index (κ2) is 7.19. The van der Waals surface area contributed by atoms with Crippen molar-refractivity contribution in [1.82, 2.24) is 0 Å². The van der Waals surface area contributed by atoms with Crippen LogP contribution in [0.3, 0.4) is 0 Å². The fraction of sp³-hybridized carbons (Fsp3) is 0.350. The maximum absolute atomic E-state index is 13.2. The van der Waals surface area contributed by atoms with Gasteiger partial charge in [0.25, 0.3) is 5.60 Å². The molecule has 3 rings (SSSR count). The van der Waals surface area contributed by atoms with Crippen molar-refractivity contribution in [3.8, 4) is 0 Å². The van der Waals surface area contributed by atoms with E-state index >= 15 is 0 Å². The zero-order valence-corrected chi connectivity index (χ0v) is 15.5. The predicted octanol–water partition coefficient (Wildman–Crippen LogP) is 4.58. The van der Waals surface area contributed by atoms with Crippen molar-refractivity contribution in [3.63, 3.8) is 0 Å². The van der Waals surface area contributed by atoms with Gasteiger partial charge in [-0.15, -0.1) is 0 Å². The van der Waals surface area contributed by atoms with Crippen molar-refractivity contribution < 1.29 is 41.4 Å². The number of alkyl halides is 6. The lowest BCUT2D eigenvalue weighted by atomic mass is 9.90. The maximum Gasteiger partial charge on any atom is 0.430 e. The Labute approximate surface area is 167 Å². The molecule has 0 spiro atoms. The number of carboxylic acids is 1. The molecule has 0 radical (unpaired) electrons. The van der Waals surface area contributed by atoms with E-state index in [1.165, 1.54) is 4.90 Å². The molecule has 10 heteroatoms. The number of hydrogen-bond donors (Lipinski definition) is 2. The summed E-state index contributed by atoms with van der Waals surface area (Å²) < 4.78 is 79.1. The maximum atomic E-state index is 13.2. The van der Waals surface area contributed by atoms with E-state index in [-0.39, 0.29) is 17.7 Å². The molecule has 2 aromatic rings. The highest BCUT2D eigenvalue weighted by Gasteiger charge is 2.71. The summed E-state index contributed by atoms with van der Waals surface area (Å²) in [4.78, 5) is 13.4. The lowest BCUT2D eigenvalue weighted by molar-refractivity contribution is -0.376. The van der Waals surface area contributed by atoms with E-state index in [2.05, 4.69) is 0 Å². The third kappa shape index (κ3) is 3.38. The molecule has 2 aromatic carbocycles. The molecule has 0 amide bonds. The Morgan fingerprint density at radius 1 is 1.03 bits per heavy atom. The quantitative estimate of drug-likeness (QED) is 0.694. The standard InChI is InChI=1S/C20H17F6NO3/c1-11-9-13-10-14(18(30,19(21,22)23)20(24,25)26)7-8-15(13)27(11)16(17(28)29)12-5-3-2-4-6-12/h2-8,10-11,16,30H,9H2,1H3,(H,28,29). The Hall–Kier alpha value is -2.75. The molecule has 2 unspecified atom stereocenters. The van der Waals surface area contributed by atoms with E-state index in [0.29, 0.717) is 17.7 Å². The monoisotopic (exact) mass is 433 g/mol. The van der Waals surface area contributed by atoms with Gasteiger partial charge in [-0.25, -0.2) is 4.79 Å². The molecule has 0 aliphatic carbocycles. The number of carbonyl (C=O) groups is 1. The summed E-state index contributed by atoms with van der Waals surface area (Å²) in [6.07, 6.45) is -12.0. The number of fused-ring (bicyclic) bond motifs is 1. The van der Waals surface area contributed by atoms with E-state index < -0.39 is 41.6 Å². The van der Waals surface area contributed by atoms with Gasteiger partial charge in [-0.3, -0.25) is 0 Å². The van der Waals surface area contributed by atoms with Gasteiger partial charge in [0.1, 0.15) is 0 Å². The van der Waals surface area contributed by atoms with Gasteiger partial charge in [-0.05, 0) is 30.5 Å². The molecule has 1 aliphatic heterocycles. The van der Waals surface area contributed by atoms with Crippen molar-refractivity contribution in [2.75, 3.05) is 4.90 Å². The van der Waals surface area contributed by atoms with Crippen LogP contribution in [0.2, 0.25) is 0 Å². The molecule has 1 aliphatic rings. The highest BCUT2D eigenvalue weighted by molar-refractivity contribution is 5.82. The smallest absolute Gasteiger partial charge is 0.430 e. The third-order valence-corrected chi connectivity index (χ3v) is 5.21. The number of aliphatic carboxylic acids is 1. The average molecular weight is 433 g/mol. The van der Waals surface area contributed by atoms with Crippen LogP contribution in [0.1, 0.15) is 29.7 Å². The molecule has 2 atom stereocenters. The molecule has 0 saturated heterocycles. The zero-order valence-electron chi connectivity index (χ0n) is 15.5. The Balaban J connectivity index is 2.11. The van der Waals surface area contributed by atoms with Crippen LogP contribution in [-0.2, 0) is 16.8 Å². The average Bonchev–Trinajstić information content (AvgIpc) is 2.95. The minimum Gasteiger partial charge on any atom is -0.479 e. The third-order valence-electron chi connectivity index (χ3n) is 5.21. The van der Waals surface area contributed by atoms with Crippen LogP contribution in [0.4, 0.5) is 32.0 Å². The molecule has 1 heterocycles. The normalized spacial score (nSPS) is 18.3. The Kier molecular flexibility index (Phi) is 5.26. The molecule has 0 fully saturated rings. The first-order chi connectivity index (χ1) is 13.8. The van der Waals surface area contributed by atoms with Crippen molar-refractivity contribution >= 4 is 11.7 Å². The number of halogens is 6. The van der Waals surface area contributed by atoms with E-state index in [1.807, 2.05) is 0 Å². The van der Waals surface area contributed by atoms with Gasteiger partial charge in [-0.2, -0.15) is 26.3 Å². The Bertz CT molecular complexity index is 928. The van der Waals surface area contributed by atoms with Gasteiger partial charge in [0.2, 0.25) is 0 Å². The van der Waals surface area contributed by atoms with E-state index in [4.69, 9.17) is 0 Å². The van der Waals surface area contributed by atoms with Crippen molar-refractivity contribution in [1.29, 1.82) is 0 Å². The summed E-state index contributed by atoms with van der Waals surface area (Å²) in [5.41, 5.74) is -5.68. The number of rotatable bonds is 4. The van der Waals surface area contributed by atoms with Gasteiger partial charge in [0.15, 0.2) is 6.04 Å². The molecule has 2 N–H and O–H groups in total. The van der Waals surface area contributed by atoms with E-state index in [0.717, 1.165) is 6.07 Å². The molecule has 4 nitrogen and oxygen atoms in total. The molecule has 0 aromatic heterocycles. The van der Waals surface area contributed by atoms with Crippen molar-refractivity contribution in [2.24, 2.45) is 0 Å². The van der Waals surface area contributed by atoms with Crippen LogP contribution in [0.15, 0.2) is 48.5 Å². The number of nitrogens with zero attached hydrogens (tertiary/aromatic N) is 1. The van der Waals surface area contributed by atoms with Gasteiger partial charge >= 0.3 is 18.3 Å². The lowest BCUT2D eigenvalue weighted by Gasteiger charge is -2.34. The highest BCUT2D eigenvalue weighted by Crippen LogP contribution is 2.51. The van der Waals surface area contributed by atoms with Gasteiger partial charge in [0.05, 0.1) is 0 Å². The van der Waals surface area contributed by atoms with E-state index in [1.54, 1.807) is 37.3 Å². The summed E-state index contributed by atoms with van der Waals surface area (Å²) >= 11 is 0. The second-order valence-corrected chi connectivity index (χ2v) is 7.16. The lowest BCUT2D eigenvalue weighted by Crippen LogP contribution is -2.53. The Morgan fingerprint density at radius 3 is 2.10 bits per heavy atom. The van der Waals surface area contributed by atoms with Crippen LogP contribution in [0.5, 0.6) is 0 Å². The second-order valence-electron chi connectivity index (χ2n) is 7.16. The molecule has 0 bridgehead atoms. The van der Waals surface area contributed by atoms with E-state index in [9.17, 15) is 41.4 Å². The number of hydrogen-bond acceptors (Lipinski definition) is 3. The Morgan fingerprint density at radius 2 is 1.60 bits per heavy atom. The summed E-state index contributed by atoms with van der Waals surface area (Å²) in [5, 5.41) is 19.4.